The third kappa shape index (κ3) is 3.64. The molecule has 0 radical (unpaired) electrons. The first-order valence-electron chi connectivity index (χ1n) is 6.55. The molecule has 2 rings (SSSR count). The molecule has 0 aliphatic heterocycles. The molecule has 0 bridgehead atoms. The van der Waals surface area contributed by atoms with Crippen LogP contribution < -0.4 is 5.32 Å². The first kappa shape index (κ1) is 15.1. The number of halogens is 3. The van der Waals surface area contributed by atoms with Gasteiger partial charge in [-0.3, -0.25) is 0 Å². The molecule has 0 heterocycles. The molecular formula is C16H16BrF2N. The molecule has 20 heavy (non-hydrogen) atoms. The van der Waals surface area contributed by atoms with E-state index in [1.165, 1.54) is 18.2 Å². The monoisotopic (exact) mass is 339 g/mol. The summed E-state index contributed by atoms with van der Waals surface area (Å²) in [7, 11) is 0. The summed E-state index contributed by atoms with van der Waals surface area (Å²) >= 11 is 3.36. The highest BCUT2D eigenvalue weighted by Crippen LogP contribution is 2.27. The lowest BCUT2D eigenvalue weighted by molar-refractivity contribution is 0.545. The summed E-state index contributed by atoms with van der Waals surface area (Å²) in [5.74, 6) is -0.566. The van der Waals surface area contributed by atoms with Crippen LogP contribution in [0.15, 0.2) is 46.9 Å². The van der Waals surface area contributed by atoms with Crippen molar-refractivity contribution in [1.29, 1.82) is 0 Å². The maximum atomic E-state index is 14.1. The molecule has 1 unspecified atom stereocenters. The first-order chi connectivity index (χ1) is 9.61. The summed E-state index contributed by atoms with van der Waals surface area (Å²) in [6.45, 7) is 2.81. The standard InChI is InChI=1S/C16H16BrF2N/c1-2-9-20-16(11-3-6-13(18)7-4-11)14-10-12(17)5-8-15(14)19/h3-8,10,16,20H,2,9H2,1H3. The first-order valence-corrected chi connectivity index (χ1v) is 7.35. The second-order valence-electron chi connectivity index (χ2n) is 4.60. The van der Waals surface area contributed by atoms with Crippen molar-refractivity contribution >= 4 is 15.9 Å². The zero-order valence-electron chi connectivity index (χ0n) is 11.2. The van der Waals surface area contributed by atoms with Gasteiger partial charge in [0.05, 0.1) is 6.04 Å². The third-order valence-corrected chi connectivity index (χ3v) is 3.56. The van der Waals surface area contributed by atoms with Gasteiger partial charge in [0.15, 0.2) is 0 Å². The van der Waals surface area contributed by atoms with Gasteiger partial charge in [-0.1, -0.05) is 35.0 Å². The average molecular weight is 340 g/mol. The molecule has 0 aliphatic carbocycles. The van der Waals surface area contributed by atoms with Crippen molar-refractivity contribution in [3.8, 4) is 0 Å². The van der Waals surface area contributed by atoms with Gasteiger partial charge in [-0.05, 0) is 48.9 Å². The van der Waals surface area contributed by atoms with Crippen molar-refractivity contribution in [1.82, 2.24) is 5.32 Å². The lowest BCUT2D eigenvalue weighted by Gasteiger charge is -2.20. The van der Waals surface area contributed by atoms with Crippen molar-refractivity contribution in [2.75, 3.05) is 6.54 Å². The molecule has 1 atom stereocenters. The molecule has 106 valence electrons. The molecule has 0 fully saturated rings. The van der Waals surface area contributed by atoms with Crippen molar-refractivity contribution in [2.24, 2.45) is 0 Å². The van der Waals surface area contributed by atoms with Crippen LogP contribution in [0.25, 0.3) is 0 Å². The number of benzene rings is 2. The highest BCUT2D eigenvalue weighted by atomic mass is 79.9. The minimum absolute atomic E-state index is 0.272. The smallest absolute Gasteiger partial charge is 0.128 e. The van der Waals surface area contributed by atoms with Crippen LogP contribution in [-0.4, -0.2) is 6.54 Å². The van der Waals surface area contributed by atoms with E-state index >= 15 is 0 Å². The van der Waals surface area contributed by atoms with Gasteiger partial charge in [0.1, 0.15) is 11.6 Å². The molecule has 4 heteroatoms. The van der Waals surface area contributed by atoms with E-state index in [1.54, 1.807) is 24.3 Å². The Morgan fingerprint density at radius 3 is 2.45 bits per heavy atom. The lowest BCUT2D eigenvalue weighted by Crippen LogP contribution is -2.24. The zero-order valence-corrected chi connectivity index (χ0v) is 12.8. The van der Waals surface area contributed by atoms with Gasteiger partial charge in [0, 0.05) is 10.0 Å². The molecule has 0 saturated carbocycles. The van der Waals surface area contributed by atoms with E-state index in [1.807, 2.05) is 6.92 Å². The highest BCUT2D eigenvalue weighted by Gasteiger charge is 2.17. The van der Waals surface area contributed by atoms with Gasteiger partial charge in [-0.25, -0.2) is 8.78 Å². The predicted octanol–water partition coefficient (Wildman–Crippen LogP) is 4.82. The van der Waals surface area contributed by atoms with Gasteiger partial charge in [-0.2, -0.15) is 0 Å². The van der Waals surface area contributed by atoms with Gasteiger partial charge < -0.3 is 5.32 Å². The minimum Gasteiger partial charge on any atom is -0.306 e. The lowest BCUT2D eigenvalue weighted by atomic mass is 9.98. The van der Waals surface area contributed by atoms with Crippen molar-refractivity contribution < 1.29 is 8.78 Å². The molecule has 1 nitrogen and oxygen atoms in total. The second-order valence-corrected chi connectivity index (χ2v) is 5.52. The van der Waals surface area contributed by atoms with E-state index in [2.05, 4.69) is 21.2 Å². The maximum absolute atomic E-state index is 14.1. The largest absolute Gasteiger partial charge is 0.306 e. The number of rotatable bonds is 5. The topological polar surface area (TPSA) is 12.0 Å². The molecule has 0 spiro atoms. The van der Waals surface area contributed by atoms with E-state index in [0.29, 0.717) is 5.56 Å². The van der Waals surface area contributed by atoms with Crippen molar-refractivity contribution in [2.45, 2.75) is 19.4 Å². The van der Waals surface area contributed by atoms with Gasteiger partial charge >= 0.3 is 0 Å². The normalized spacial score (nSPS) is 12.4. The van der Waals surface area contributed by atoms with Gasteiger partial charge in [-0.15, -0.1) is 0 Å². The van der Waals surface area contributed by atoms with E-state index in [9.17, 15) is 8.78 Å². The molecule has 0 amide bonds. The molecule has 0 saturated heterocycles. The Bertz CT molecular complexity index is 569. The van der Waals surface area contributed by atoms with Crippen LogP contribution in [0.5, 0.6) is 0 Å². The van der Waals surface area contributed by atoms with Crippen LogP contribution in [-0.2, 0) is 0 Å². The SMILES string of the molecule is CCCNC(c1ccc(F)cc1)c1cc(Br)ccc1F. The molecule has 2 aromatic rings. The summed E-state index contributed by atoms with van der Waals surface area (Å²) in [5.41, 5.74) is 1.40. The Hall–Kier alpha value is -1.26. The van der Waals surface area contributed by atoms with E-state index in [-0.39, 0.29) is 17.7 Å². The fraction of sp³-hybridized carbons (Fsp3) is 0.250. The fourth-order valence-electron chi connectivity index (χ4n) is 2.09. The van der Waals surface area contributed by atoms with Crippen molar-refractivity contribution in [3.05, 3.63) is 69.7 Å². The Labute approximate surface area is 126 Å². The van der Waals surface area contributed by atoms with Gasteiger partial charge in [0.2, 0.25) is 0 Å². The molecule has 2 aromatic carbocycles. The number of hydrogen-bond donors (Lipinski definition) is 1. The molecular weight excluding hydrogens is 324 g/mol. The quantitative estimate of drug-likeness (QED) is 0.823. The highest BCUT2D eigenvalue weighted by molar-refractivity contribution is 9.10. The number of hydrogen-bond acceptors (Lipinski definition) is 1. The van der Waals surface area contributed by atoms with E-state index in [0.717, 1.165) is 23.0 Å². The molecule has 1 N–H and O–H groups in total. The molecule has 0 aromatic heterocycles. The van der Waals surface area contributed by atoms with Crippen LogP contribution in [0.3, 0.4) is 0 Å². The Kier molecular flexibility index (Phi) is 5.26. The van der Waals surface area contributed by atoms with Crippen molar-refractivity contribution in [3.63, 3.8) is 0 Å². The Morgan fingerprint density at radius 1 is 1.10 bits per heavy atom. The van der Waals surface area contributed by atoms with Crippen LogP contribution in [0.4, 0.5) is 8.78 Å². The summed E-state index contributed by atoms with van der Waals surface area (Å²) in [6, 6.07) is 10.7. The zero-order chi connectivity index (χ0) is 14.5. The third-order valence-electron chi connectivity index (χ3n) is 3.07. The molecule has 0 aliphatic rings. The van der Waals surface area contributed by atoms with Crippen LogP contribution in [0.1, 0.15) is 30.5 Å². The van der Waals surface area contributed by atoms with Crippen LogP contribution in [0.2, 0.25) is 0 Å². The predicted molar refractivity (Wildman–Crippen MR) is 80.6 cm³/mol. The number of nitrogens with one attached hydrogen (secondary N) is 1. The summed E-state index contributed by atoms with van der Waals surface area (Å²) in [6.07, 6.45) is 0.938. The van der Waals surface area contributed by atoms with Crippen LogP contribution >= 0.6 is 15.9 Å². The second kappa shape index (κ2) is 6.95. The van der Waals surface area contributed by atoms with E-state index < -0.39 is 0 Å². The fourth-order valence-corrected chi connectivity index (χ4v) is 2.47. The van der Waals surface area contributed by atoms with Gasteiger partial charge in [0.25, 0.3) is 0 Å². The summed E-state index contributed by atoms with van der Waals surface area (Å²) < 4.78 is 27.9. The minimum atomic E-state index is -0.294. The van der Waals surface area contributed by atoms with Crippen LogP contribution in [0, 0.1) is 11.6 Å². The van der Waals surface area contributed by atoms with E-state index in [4.69, 9.17) is 0 Å². The Morgan fingerprint density at radius 2 is 1.80 bits per heavy atom. The summed E-state index contributed by atoms with van der Waals surface area (Å²) in [5, 5.41) is 3.31. The Balaban J connectivity index is 2.41. The maximum Gasteiger partial charge on any atom is 0.128 e. The average Bonchev–Trinajstić information content (AvgIpc) is 2.44. The summed E-state index contributed by atoms with van der Waals surface area (Å²) in [4.78, 5) is 0.